The van der Waals surface area contributed by atoms with Crippen LogP contribution >= 0.6 is 0 Å². The van der Waals surface area contributed by atoms with Gasteiger partial charge in [0.25, 0.3) is 5.91 Å². The number of sulfone groups is 1. The van der Waals surface area contributed by atoms with Crippen LogP contribution in [0, 0.1) is 17.8 Å². The van der Waals surface area contributed by atoms with Crippen LogP contribution in [-0.4, -0.2) is 55.6 Å². The van der Waals surface area contributed by atoms with Crippen molar-refractivity contribution in [1.29, 1.82) is 0 Å². The van der Waals surface area contributed by atoms with Crippen molar-refractivity contribution in [1.82, 2.24) is 5.48 Å². The maximum atomic E-state index is 12.1. The number of carbonyl (C=O) groups is 1. The van der Waals surface area contributed by atoms with Gasteiger partial charge in [-0.25, -0.2) is 13.9 Å². The number of nitrogens with one attached hydrogen (secondary N) is 1. The zero-order valence-electron chi connectivity index (χ0n) is 17.9. The van der Waals surface area contributed by atoms with E-state index in [-0.39, 0.29) is 12.5 Å². The van der Waals surface area contributed by atoms with Crippen molar-refractivity contribution >= 4 is 21.5 Å². The summed E-state index contributed by atoms with van der Waals surface area (Å²) in [5.74, 6) is 5.90. The predicted molar refractivity (Wildman–Crippen MR) is 115 cm³/mol. The third kappa shape index (κ3) is 5.26. The van der Waals surface area contributed by atoms with Crippen molar-refractivity contribution in [2.24, 2.45) is 11.1 Å². The highest BCUT2D eigenvalue weighted by atomic mass is 32.2. The molecular formula is C22H28N2O6S. The topological polar surface area (TPSA) is 114 Å². The highest BCUT2D eigenvalue weighted by Gasteiger charge is 2.44. The zero-order valence-corrected chi connectivity index (χ0v) is 18.7. The second kappa shape index (κ2) is 9.39. The number of hydroxylamine groups is 1. The van der Waals surface area contributed by atoms with Crippen molar-refractivity contribution in [3.8, 4) is 11.8 Å². The van der Waals surface area contributed by atoms with Crippen LogP contribution in [0.5, 0.6) is 0 Å². The zero-order chi connectivity index (χ0) is 22.6. The number of amides is 1. The lowest BCUT2D eigenvalue weighted by molar-refractivity contribution is -0.131. The van der Waals surface area contributed by atoms with Crippen LogP contribution in [0.1, 0.15) is 50.2 Å². The number of oxime groups is 1. The summed E-state index contributed by atoms with van der Waals surface area (Å²) in [6, 6.07) is 7.76. The summed E-state index contributed by atoms with van der Waals surface area (Å²) in [5.41, 5.74) is 4.06. The summed E-state index contributed by atoms with van der Waals surface area (Å²) in [4.78, 5) is 17.4. The van der Waals surface area contributed by atoms with Gasteiger partial charge >= 0.3 is 0 Å². The minimum absolute atomic E-state index is 0.00527. The fraction of sp³-hybridized carbons (Fsp3) is 0.545. The molecule has 0 bridgehead atoms. The lowest BCUT2D eigenvalue weighted by atomic mass is 9.83. The molecule has 1 amide bonds. The molecule has 1 aliphatic carbocycles. The average Bonchev–Trinajstić information content (AvgIpc) is 3.19. The molecule has 2 aliphatic rings. The number of hydrogen-bond acceptors (Lipinski definition) is 7. The lowest BCUT2D eigenvalue weighted by Crippen LogP contribution is -2.49. The molecule has 0 unspecified atom stereocenters. The fourth-order valence-corrected chi connectivity index (χ4v) is 4.45. The van der Waals surface area contributed by atoms with E-state index in [0.29, 0.717) is 24.9 Å². The Balaban J connectivity index is 1.55. The van der Waals surface area contributed by atoms with Crippen molar-refractivity contribution in [3.63, 3.8) is 0 Å². The predicted octanol–water partition coefficient (Wildman–Crippen LogP) is 2.04. The molecule has 3 rings (SSSR count). The number of benzene rings is 1. The summed E-state index contributed by atoms with van der Waals surface area (Å²) in [6.45, 7) is 1.30. The van der Waals surface area contributed by atoms with E-state index in [1.807, 2.05) is 24.3 Å². The van der Waals surface area contributed by atoms with E-state index in [2.05, 4.69) is 17.0 Å². The maximum absolute atomic E-state index is 12.1. The number of ether oxygens (including phenoxy) is 1. The lowest BCUT2D eigenvalue weighted by Gasteiger charge is -2.30. The normalized spacial score (nSPS) is 24.6. The van der Waals surface area contributed by atoms with Gasteiger partial charge in [-0.2, -0.15) is 0 Å². The number of carbonyl (C=O) groups excluding carboxylic acids is 1. The van der Waals surface area contributed by atoms with Gasteiger partial charge in [-0.1, -0.05) is 29.1 Å². The second-order valence-electron chi connectivity index (χ2n) is 8.32. The van der Waals surface area contributed by atoms with E-state index in [1.54, 1.807) is 7.11 Å². The number of methoxy groups -OCH3 is 1. The van der Waals surface area contributed by atoms with Gasteiger partial charge in [0.05, 0.1) is 11.8 Å². The minimum Gasteiger partial charge on any atom is -0.392 e. The monoisotopic (exact) mass is 448 g/mol. The molecule has 2 atom stereocenters. The van der Waals surface area contributed by atoms with Crippen LogP contribution in [0.3, 0.4) is 0 Å². The molecular weight excluding hydrogens is 420 g/mol. The van der Waals surface area contributed by atoms with Gasteiger partial charge in [0.2, 0.25) is 0 Å². The highest BCUT2D eigenvalue weighted by Crippen LogP contribution is 2.29. The number of hydrogen-bond donors (Lipinski definition) is 2. The van der Waals surface area contributed by atoms with Crippen LogP contribution in [0.2, 0.25) is 0 Å². The quantitative estimate of drug-likeness (QED) is 0.375. The van der Waals surface area contributed by atoms with Gasteiger partial charge in [0.1, 0.15) is 10.9 Å². The molecule has 8 nitrogen and oxygen atoms in total. The molecule has 9 heteroatoms. The molecule has 1 saturated carbocycles. The Kier molecular flexibility index (Phi) is 7.04. The summed E-state index contributed by atoms with van der Waals surface area (Å²) in [6.07, 6.45) is 3.75. The number of rotatable bonds is 7. The van der Waals surface area contributed by atoms with E-state index in [4.69, 9.17) is 14.8 Å². The van der Waals surface area contributed by atoms with E-state index < -0.39 is 20.5 Å². The Bertz CT molecular complexity index is 1000. The van der Waals surface area contributed by atoms with Gasteiger partial charge in [0.15, 0.2) is 9.84 Å². The molecule has 0 radical (unpaired) electrons. The van der Waals surface area contributed by atoms with Crippen molar-refractivity contribution in [3.05, 3.63) is 35.4 Å². The van der Waals surface area contributed by atoms with E-state index in [0.717, 1.165) is 35.9 Å². The molecule has 1 heterocycles. The van der Waals surface area contributed by atoms with Gasteiger partial charge in [0, 0.05) is 31.3 Å². The molecule has 1 fully saturated rings. The third-order valence-corrected chi connectivity index (χ3v) is 8.17. The van der Waals surface area contributed by atoms with Gasteiger partial charge in [-0.05, 0) is 50.3 Å². The molecule has 0 saturated heterocycles. The van der Waals surface area contributed by atoms with Crippen LogP contribution in [-0.2, 0) is 24.2 Å². The number of nitrogens with zero attached hydrogens (tertiary/aromatic N) is 1. The Morgan fingerprint density at radius 3 is 2.61 bits per heavy atom. The van der Waals surface area contributed by atoms with E-state index in [1.165, 1.54) is 12.4 Å². The largest absolute Gasteiger partial charge is 0.392 e. The molecule has 168 valence electrons. The molecule has 2 N–H and O–H groups in total. The first kappa shape index (κ1) is 23.3. The van der Waals surface area contributed by atoms with E-state index in [9.17, 15) is 13.2 Å². The Labute approximate surface area is 182 Å². The first-order chi connectivity index (χ1) is 14.7. The van der Waals surface area contributed by atoms with Crippen LogP contribution in [0.25, 0.3) is 0 Å². The van der Waals surface area contributed by atoms with Gasteiger partial charge in [-0.15, -0.1) is 0 Å². The summed E-state index contributed by atoms with van der Waals surface area (Å²) in [7, 11) is -2.01. The molecule has 0 aromatic heterocycles. The standard InChI is InChI=1S/C22H28N2O6S/c1-22(21(25)23-26,31(3,27)28)11-10-18-14-20(24-30-18)17-8-6-15(7-9-17)4-5-16-12-19(13-16)29-2/h6-9,16,18-19,26H,10-14H2,1-3H3,(H,23,25)/t16?,18-,19?,22+/m0/s1. The average molecular weight is 449 g/mol. The van der Waals surface area contributed by atoms with Gasteiger partial charge < -0.3 is 9.57 Å². The Morgan fingerprint density at radius 1 is 1.35 bits per heavy atom. The summed E-state index contributed by atoms with van der Waals surface area (Å²) >= 11 is 0. The van der Waals surface area contributed by atoms with Gasteiger partial charge in [-0.3, -0.25) is 10.0 Å². The minimum atomic E-state index is -3.74. The molecule has 31 heavy (non-hydrogen) atoms. The summed E-state index contributed by atoms with van der Waals surface area (Å²) in [5, 5.41) is 13.0. The molecule has 1 aliphatic heterocycles. The molecule has 0 spiro atoms. The van der Waals surface area contributed by atoms with Crippen LogP contribution in [0.4, 0.5) is 0 Å². The van der Waals surface area contributed by atoms with Crippen LogP contribution in [0.15, 0.2) is 29.4 Å². The van der Waals surface area contributed by atoms with Crippen LogP contribution < -0.4 is 5.48 Å². The smallest absolute Gasteiger partial charge is 0.264 e. The first-order valence-corrected chi connectivity index (χ1v) is 12.1. The van der Waals surface area contributed by atoms with Crippen molar-refractivity contribution in [2.45, 2.75) is 56.0 Å². The maximum Gasteiger partial charge on any atom is 0.264 e. The Hall–Kier alpha value is -2.41. The fourth-order valence-electron chi connectivity index (χ4n) is 3.58. The van der Waals surface area contributed by atoms with Crippen molar-refractivity contribution < 1.29 is 28.0 Å². The Morgan fingerprint density at radius 2 is 2.03 bits per heavy atom. The summed E-state index contributed by atoms with van der Waals surface area (Å²) < 4.78 is 27.7. The molecule has 1 aromatic rings. The first-order valence-electron chi connectivity index (χ1n) is 10.2. The van der Waals surface area contributed by atoms with Crippen molar-refractivity contribution in [2.75, 3.05) is 13.4 Å². The van der Waals surface area contributed by atoms with E-state index >= 15 is 0 Å². The highest BCUT2D eigenvalue weighted by molar-refractivity contribution is 7.92. The second-order valence-corrected chi connectivity index (χ2v) is 10.8. The third-order valence-electron chi connectivity index (χ3n) is 6.14. The molecule has 1 aromatic carbocycles. The SMILES string of the molecule is COC1CC(C#Cc2ccc(C3=NO[C@@H](CC[C@](C)(C(=O)NO)S(C)(=O)=O)C3)cc2)C1.